The Bertz CT molecular complexity index is 1740. The van der Waals surface area contributed by atoms with E-state index >= 15 is 0 Å². The van der Waals surface area contributed by atoms with E-state index in [4.69, 9.17) is 15.5 Å². The summed E-state index contributed by atoms with van der Waals surface area (Å²) in [6.07, 6.45) is 7.59. The van der Waals surface area contributed by atoms with Gasteiger partial charge in [-0.1, -0.05) is 36.4 Å². The van der Waals surface area contributed by atoms with Crippen LogP contribution in [0.2, 0.25) is 0 Å². The third kappa shape index (κ3) is 4.63. The van der Waals surface area contributed by atoms with Crippen molar-refractivity contribution < 1.29 is 17.9 Å². The van der Waals surface area contributed by atoms with E-state index in [1.807, 2.05) is 47.4 Å². The summed E-state index contributed by atoms with van der Waals surface area (Å²) in [7, 11) is -3.73. The van der Waals surface area contributed by atoms with Gasteiger partial charge in [0.25, 0.3) is 0 Å². The van der Waals surface area contributed by atoms with Crippen LogP contribution in [0.15, 0.2) is 59.8 Å². The molecule has 0 saturated carbocycles. The zero-order chi connectivity index (χ0) is 29.0. The van der Waals surface area contributed by atoms with E-state index in [1.165, 1.54) is 4.52 Å². The number of nitrogens with two attached hydrogens (primary N) is 1. The van der Waals surface area contributed by atoms with Gasteiger partial charge in [-0.05, 0) is 31.7 Å². The lowest BCUT2D eigenvalue weighted by Gasteiger charge is -2.41. The number of morpholine rings is 1. The Morgan fingerprint density at radius 3 is 2.45 bits per heavy atom. The van der Waals surface area contributed by atoms with Crippen LogP contribution >= 0.6 is 0 Å². The predicted molar refractivity (Wildman–Crippen MR) is 157 cm³/mol. The summed E-state index contributed by atoms with van der Waals surface area (Å²) in [6, 6.07) is 13.5. The van der Waals surface area contributed by atoms with E-state index in [0.717, 1.165) is 35.9 Å². The first-order chi connectivity index (χ1) is 20.3. The van der Waals surface area contributed by atoms with Crippen LogP contribution in [0.1, 0.15) is 37.3 Å². The molecule has 6 heterocycles. The number of nitrogens with one attached hydrogen (secondary N) is 1. The number of amides is 1. The number of piperidine rings is 1. The summed E-state index contributed by atoms with van der Waals surface area (Å²) >= 11 is 0. The maximum atomic E-state index is 13.4. The van der Waals surface area contributed by atoms with Crippen LogP contribution in [0, 0.1) is 0 Å². The molecule has 42 heavy (non-hydrogen) atoms. The van der Waals surface area contributed by atoms with E-state index in [9.17, 15) is 13.2 Å². The molecule has 3 atom stereocenters. The molecular weight excluding hydrogens is 554 g/mol. The number of aromatic nitrogens is 4. The monoisotopic (exact) mass is 587 g/mol. The minimum atomic E-state index is -3.73. The average molecular weight is 588 g/mol. The van der Waals surface area contributed by atoms with Crippen LogP contribution in [0.5, 0.6) is 0 Å². The highest BCUT2D eigenvalue weighted by molar-refractivity contribution is 7.91. The van der Waals surface area contributed by atoms with Gasteiger partial charge in [0, 0.05) is 53.7 Å². The number of rotatable bonds is 5. The van der Waals surface area contributed by atoms with Crippen LogP contribution in [0.3, 0.4) is 0 Å². The molecule has 3 fully saturated rings. The molecule has 0 aliphatic carbocycles. The van der Waals surface area contributed by atoms with Gasteiger partial charge in [-0.3, -0.25) is 9.78 Å². The lowest BCUT2D eigenvalue weighted by atomic mass is 9.87. The molecule has 1 amide bonds. The highest BCUT2D eigenvalue weighted by Crippen LogP contribution is 2.45. The molecule has 2 unspecified atom stereocenters. The zero-order valence-electron chi connectivity index (χ0n) is 23.3. The van der Waals surface area contributed by atoms with Crippen molar-refractivity contribution in [3.8, 4) is 22.4 Å². The second-order valence-corrected chi connectivity index (χ2v) is 13.4. The summed E-state index contributed by atoms with van der Waals surface area (Å²) in [5, 5.41) is 7.71. The first kappa shape index (κ1) is 27.0. The van der Waals surface area contributed by atoms with E-state index < -0.39 is 9.84 Å². The Morgan fingerprint density at radius 1 is 1.05 bits per heavy atom. The fourth-order valence-electron chi connectivity index (χ4n) is 6.88. The highest BCUT2D eigenvalue weighted by atomic mass is 32.2. The Morgan fingerprint density at radius 2 is 1.81 bits per heavy atom. The number of nitrogen functional groups attached to an aromatic ring is 1. The molecule has 4 aromatic rings. The third-order valence-corrected chi connectivity index (χ3v) is 9.93. The van der Waals surface area contributed by atoms with Gasteiger partial charge >= 0.3 is 0 Å². The van der Waals surface area contributed by atoms with Crippen LogP contribution in [-0.2, 0) is 19.4 Å². The van der Waals surface area contributed by atoms with Gasteiger partial charge in [0.1, 0.15) is 16.8 Å². The Kier molecular flexibility index (Phi) is 6.71. The molecule has 0 radical (unpaired) electrons. The molecule has 218 valence electrons. The minimum Gasteiger partial charge on any atom is -0.382 e. The summed E-state index contributed by atoms with van der Waals surface area (Å²) in [5.74, 6) is -0.0519. The van der Waals surface area contributed by atoms with Crippen LogP contribution in [0.25, 0.3) is 28.0 Å². The normalized spacial score (nSPS) is 24.3. The van der Waals surface area contributed by atoms with Crippen molar-refractivity contribution >= 4 is 27.2 Å². The average Bonchev–Trinajstić information content (AvgIpc) is 3.55. The third-order valence-electron chi connectivity index (χ3n) is 8.77. The molecule has 7 rings (SSSR count). The van der Waals surface area contributed by atoms with Crippen molar-refractivity contribution in [2.45, 2.75) is 54.6 Å². The SMILES string of the molecule is CS(=O)(=O)c1c(C2CC3CCC(C2)N3C(=O)[C@H]2COCCN2)nc2c(-c3ccc(-c4ccccc4)nc3)cnn2c1N. The number of nitrogens with zero attached hydrogens (tertiary/aromatic N) is 5. The second-order valence-electron chi connectivity index (χ2n) is 11.5. The van der Waals surface area contributed by atoms with Crippen molar-refractivity contribution in [3.63, 3.8) is 0 Å². The molecule has 12 heteroatoms. The van der Waals surface area contributed by atoms with E-state index in [0.29, 0.717) is 49.5 Å². The first-order valence-corrected chi connectivity index (χ1v) is 16.2. The van der Waals surface area contributed by atoms with Crippen molar-refractivity contribution in [2.75, 3.05) is 31.7 Å². The van der Waals surface area contributed by atoms with Gasteiger partial charge in [0.15, 0.2) is 15.5 Å². The summed E-state index contributed by atoms with van der Waals surface area (Å²) in [6.45, 7) is 1.63. The molecular formula is C30H33N7O4S. The van der Waals surface area contributed by atoms with Gasteiger partial charge in [-0.15, -0.1) is 0 Å². The van der Waals surface area contributed by atoms with E-state index in [2.05, 4.69) is 15.4 Å². The quantitative estimate of drug-likeness (QED) is 0.360. The number of fused-ring (bicyclic) bond motifs is 3. The molecule has 3 N–H and O–H groups in total. The fraction of sp³-hybridized carbons (Fsp3) is 0.400. The zero-order valence-corrected chi connectivity index (χ0v) is 24.1. The smallest absolute Gasteiger partial charge is 0.242 e. The molecule has 11 nitrogen and oxygen atoms in total. The predicted octanol–water partition coefficient (Wildman–Crippen LogP) is 2.67. The lowest BCUT2D eigenvalue weighted by molar-refractivity contribution is -0.141. The van der Waals surface area contributed by atoms with Gasteiger partial charge in [0.05, 0.1) is 30.8 Å². The number of pyridine rings is 1. The van der Waals surface area contributed by atoms with Gasteiger partial charge < -0.3 is 20.7 Å². The number of sulfone groups is 1. The molecule has 2 bridgehead atoms. The lowest BCUT2D eigenvalue weighted by Crippen LogP contribution is -2.57. The summed E-state index contributed by atoms with van der Waals surface area (Å²) in [5.41, 5.74) is 10.9. The number of benzene rings is 1. The van der Waals surface area contributed by atoms with Crippen LogP contribution < -0.4 is 11.1 Å². The van der Waals surface area contributed by atoms with Crippen molar-refractivity contribution in [3.05, 3.63) is 60.6 Å². The van der Waals surface area contributed by atoms with Gasteiger partial charge in [0.2, 0.25) is 5.91 Å². The number of hydrogen-bond donors (Lipinski definition) is 2. The topological polar surface area (TPSA) is 145 Å². The Balaban J connectivity index is 1.25. The van der Waals surface area contributed by atoms with Crippen LogP contribution in [-0.4, -0.2) is 82.9 Å². The van der Waals surface area contributed by atoms with E-state index in [-0.39, 0.29) is 40.7 Å². The van der Waals surface area contributed by atoms with Gasteiger partial charge in [-0.2, -0.15) is 9.61 Å². The Labute approximate surface area is 244 Å². The van der Waals surface area contributed by atoms with Gasteiger partial charge in [-0.25, -0.2) is 13.4 Å². The maximum Gasteiger partial charge on any atom is 0.242 e. The van der Waals surface area contributed by atoms with E-state index in [1.54, 1.807) is 12.4 Å². The van der Waals surface area contributed by atoms with Crippen molar-refractivity contribution in [1.29, 1.82) is 0 Å². The molecule has 3 aliphatic heterocycles. The molecule has 1 aromatic carbocycles. The number of hydrogen-bond acceptors (Lipinski definition) is 9. The number of carbonyl (C=O) groups is 1. The largest absolute Gasteiger partial charge is 0.382 e. The maximum absolute atomic E-state index is 13.4. The number of carbonyl (C=O) groups excluding carboxylic acids is 1. The second kappa shape index (κ2) is 10.4. The van der Waals surface area contributed by atoms with Crippen molar-refractivity contribution in [2.24, 2.45) is 0 Å². The Hall–Kier alpha value is -3.87. The number of anilines is 1. The van der Waals surface area contributed by atoms with Crippen LogP contribution in [0.4, 0.5) is 5.82 Å². The summed E-state index contributed by atoms with van der Waals surface area (Å²) in [4.78, 5) is 25.1. The standard InChI is InChI=1S/C30H33N7O4S/c1-42(39,40)27-26(20-13-21-8-9-22(14-20)36(21)30(38)25-17-41-12-11-32-25)35-29-23(16-34-37(29)28(27)31)19-7-10-24(33-15-19)18-5-3-2-4-6-18/h2-7,10,15-16,20-22,25,32H,8-9,11-14,17,31H2,1H3/t20?,21?,22?,25-/m1/s1. The minimum absolute atomic E-state index is 0.00995. The van der Waals surface area contributed by atoms with Crippen molar-refractivity contribution in [1.82, 2.24) is 29.8 Å². The number of ether oxygens (including phenoxy) is 1. The fourth-order valence-corrected chi connectivity index (χ4v) is 7.93. The summed E-state index contributed by atoms with van der Waals surface area (Å²) < 4.78 is 33.2. The molecule has 3 saturated heterocycles. The molecule has 3 aliphatic rings. The highest BCUT2D eigenvalue weighted by Gasteiger charge is 2.47. The molecule has 3 aromatic heterocycles. The first-order valence-electron chi connectivity index (χ1n) is 14.3. The molecule has 0 spiro atoms.